The molecule has 0 unspecified atom stereocenters. The lowest BCUT2D eigenvalue weighted by Crippen LogP contribution is -2.37. The van der Waals surface area contributed by atoms with Gasteiger partial charge in [0.15, 0.2) is 23.0 Å². The zero-order valence-corrected chi connectivity index (χ0v) is 19.7. The van der Waals surface area contributed by atoms with Crippen molar-refractivity contribution in [3.63, 3.8) is 0 Å². The van der Waals surface area contributed by atoms with E-state index in [1.54, 1.807) is 36.4 Å². The number of benzene rings is 3. The smallest absolute Gasteiger partial charge is 0.353 e. The molecule has 36 heavy (non-hydrogen) atoms. The Balaban J connectivity index is 1.59. The normalized spacial score (nSPS) is 16.6. The largest absolute Gasteiger partial charge is 0.497 e. The maximum absolute atomic E-state index is 13.8. The number of ether oxygens (including phenoxy) is 5. The Hall–Kier alpha value is -4.38. The second-order valence-corrected chi connectivity index (χ2v) is 9.99. The molecule has 0 aliphatic carbocycles. The van der Waals surface area contributed by atoms with Crippen LogP contribution in [0.2, 0.25) is 0 Å². The molecule has 10 nitrogen and oxygen atoms in total. The van der Waals surface area contributed by atoms with Crippen molar-refractivity contribution in [3.8, 4) is 28.7 Å². The van der Waals surface area contributed by atoms with Gasteiger partial charge in [-0.15, -0.1) is 0 Å². The second-order valence-electron chi connectivity index (χ2n) is 8.16. The molecule has 0 spiro atoms. The highest BCUT2D eigenvalue weighted by atomic mass is 32.2. The molecule has 1 N–H and O–H groups in total. The zero-order chi connectivity index (χ0) is 25.0. The highest BCUT2D eigenvalue weighted by molar-refractivity contribution is 7.89. The van der Waals surface area contributed by atoms with E-state index in [1.165, 1.54) is 25.3 Å². The molecule has 0 amide bonds. The SMILES string of the molecule is COc1ccc2c(c1)C(c1ccc3c(c1)OCO3)=C(C(=O)O)N(Cc1ccc3c(c1)OCO3)S2(=O)=O. The van der Waals surface area contributed by atoms with E-state index in [1.807, 2.05) is 0 Å². The summed E-state index contributed by atoms with van der Waals surface area (Å²) in [5.74, 6) is 0.931. The molecule has 3 aliphatic rings. The van der Waals surface area contributed by atoms with Gasteiger partial charge < -0.3 is 28.8 Å². The first-order valence-electron chi connectivity index (χ1n) is 10.8. The van der Waals surface area contributed by atoms with Crippen LogP contribution in [0.1, 0.15) is 16.7 Å². The van der Waals surface area contributed by atoms with Gasteiger partial charge in [-0.05, 0) is 53.6 Å². The Morgan fingerprint density at radius 1 is 0.917 bits per heavy atom. The number of fused-ring (bicyclic) bond motifs is 3. The Kier molecular flexibility index (Phi) is 4.97. The Morgan fingerprint density at radius 3 is 2.28 bits per heavy atom. The number of aliphatic carboxylic acids is 1. The summed E-state index contributed by atoms with van der Waals surface area (Å²) >= 11 is 0. The van der Waals surface area contributed by atoms with Gasteiger partial charge >= 0.3 is 5.97 Å². The Morgan fingerprint density at radius 2 is 1.58 bits per heavy atom. The van der Waals surface area contributed by atoms with Gasteiger partial charge in [-0.3, -0.25) is 4.31 Å². The fourth-order valence-corrected chi connectivity index (χ4v) is 6.12. The molecule has 0 saturated heterocycles. The number of carboxylic acids is 1. The predicted octanol–water partition coefficient (Wildman–Crippen LogP) is 3.20. The lowest BCUT2D eigenvalue weighted by molar-refractivity contribution is -0.133. The predicted molar refractivity (Wildman–Crippen MR) is 125 cm³/mol. The van der Waals surface area contributed by atoms with Crippen LogP contribution in [0, 0.1) is 0 Å². The molecule has 3 heterocycles. The van der Waals surface area contributed by atoms with Crippen molar-refractivity contribution >= 4 is 21.6 Å². The van der Waals surface area contributed by atoms with Crippen LogP contribution >= 0.6 is 0 Å². The average molecular weight is 509 g/mol. The summed E-state index contributed by atoms with van der Waals surface area (Å²) < 4.78 is 55.5. The van der Waals surface area contributed by atoms with Crippen molar-refractivity contribution < 1.29 is 42.0 Å². The minimum absolute atomic E-state index is 0.0401. The molecule has 3 aromatic rings. The van der Waals surface area contributed by atoms with E-state index in [0.29, 0.717) is 39.9 Å². The number of rotatable bonds is 5. The first kappa shape index (κ1) is 22.1. The van der Waals surface area contributed by atoms with Crippen LogP contribution in [0.15, 0.2) is 65.2 Å². The molecular weight excluding hydrogens is 490 g/mol. The average Bonchev–Trinajstić information content (AvgIpc) is 3.53. The summed E-state index contributed by atoms with van der Waals surface area (Å²) in [6.07, 6.45) is 0. The summed E-state index contributed by atoms with van der Waals surface area (Å²) in [6.45, 7) is -0.136. The van der Waals surface area contributed by atoms with Crippen molar-refractivity contribution in [2.24, 2.45) is 0 Å². The molecule has 0 aromatic heterocycles. The molecule has 0 fully saturated rings. The van der Waals surface area contributed by atoms with Crippen LogP contribution < -0.4 is 23.7 Å². The molecule has 0 radical (unpaired) electrons. The first-order chi connectivity index (χ1) is 17.4. The van der Waals surface area contributed by atoms with Crippen molar-refractivity contribution in [1.82, 2.24) is 4.31 Å². The number of hydrogen-bond donors (Lipinski definition) is 1. The van der Waals surface area contributed by atoms with Crippen molar-refractivity contribution in [2.45, 2.75) is 11.4 Å². The monoisotopic (exact) mass is 509 g/mol. The highest BCUT2D eigenvalue weighted by Gasteiger charge is 2.41. The lowest BCUT2D eigenvalue weighted by Gasteiger charge is -2.33. The number of methoxy groups -OCH3 is 1. The van der Waals surface area contributed by atoms with Gasteiger partial charge in [0, 0.05) is 11.1 Å². The molecule has 3 aromatic carbocycles. The molecule has 0 atom stereocenters. The summed E-state index contributed by atoms with van der Waals surface area (Å²) in [4.78, 5) is 12.7. The number of hydrogen-bond acceptors (Lipinski definition) is 8. The van der Waals surface area contributed by atoms with Gasteiger partial charge in [-0.25, -0.2) is 13.2 Å². The molecule has 3 aliphatic heterocycles. The highest BCUT2D eigenvalue weighted by Crippen LogP contribution is 2.45. The van der Waals surface area contributed by atoms with E-state index >= 15 is 0 Å². The molecule has 0 saturated carbocycles. The summed E-state index contributed by atoms with van der Waals surface area (Å²) in [7, 11) is -2.80. The van der Waals surface area contributed by atoms with E-state index in [0.717, 1.165) is 4.31 Å². The van der Waals surface area contributed by atoms with E-state index < -0.39 is 21.7 Å². The molecule has 0 bridgehead atoms. The summed E-state index contributed by atoms with van der Waals surface area (Å²) in [6, 6.07) is 14.4. The molecule has 11 heteroatoms. The van der Waals surface area contributed by atoms with Gasteiger partial charge in [0.1, 0.15) is 11.4 Å². The maximum atomic E-state index is 13.8. The quantitative estimate of drug-likeness (QED) is 0.553. The first-order valence-corrected chi connectivity index (χ1v) is 12.3. The van der Waals surface area contributed by atoms with Crippen molar-refractivity contribution in [3.05, 3.63) is 77.0 Å². The Bertz CT molecular complexity index is 1560. The van der Waals surface area contributed by atoms with Crippen LogP contribution in [0.5, 0.6) is 28.7 Å². The topological polar surface area (TPSA) is 121 Å². The van der Waals surface area contributed by atoms with Crippen LogP contribution in [0.25, 0.3) is 5.57 Å². The van der Waals surface area contributed by atoms with E-state index in [2.05, 4.69) is 0 Å². The number of carbonyl (C=O) groups is 1. The summed E-state index contributed by atoms with van der Waals surface area (Å²) in [5.41, 5.74) is 1.02. The van der Waals surface area contributed by atoms with E-state index in [-0.39, 0.29) is 36.2 Å². The lowest BCUT2D eigenvalue weighted by atomic mass is 9.94. The number of nitrogens with zero attached hydrogens (tertiary/aromatic N) is 1. The third-order valence-corrected chi connectivity index (χ3v) is 7.94. The Labute approximate surface area is 205 Å². The number of carboxylic acid groups (broad SMARTS) is 1. The van der Waals surface area contributed by atoms with Crippen molar-refractivity contribution in [1.29, 1.82) is 0 Å². The van der Waals surface area contributed by atoms with E-state index in [4.69, 9.17) is 23.7 Å². The third-order valence-electron chi connectivity index (χ3n) is 6.14. The zero-order valence-electron chi connectivity index (χ0n) is 18.9. The van der Waals surface area contributed by atoms with Gasteiger partial charge in [0.05, 0.1) is 18.6 Å². The maximum Gasteiger partial charge on any atom is 0.353 e. The molecular formula is C25H19NO9S. The fraction of sp³-hybridized carbons (Fsp3) is 0.160. The third kappa shape index (κ3) is 3.39. The fourth-order valence-electron chi connectivity index (χ4n) is 4.47. The summed E-state index contributed by atoms with van der Waals surface area (Å²) in [5, 5.41) is 10.4. The second kappa shape index (κ2) is 8.09. The van der Waals surface area contributed by atoms with E-state index in [9.17, 15) is 18.3 Å². The van der Waals surface area contributed by atoms with Gasteiger partial charge in [0.25, 0.3) is 10.0 Å². The van der Waals surface area contributed by atoms with Crippen LogP contribution in [0.3, 0.4) is 0 Å². The minimum atomic E-state index is -4.26. The molecule has 6 rings (SSSR count). The van der Waals surface area contributed by atoms with Gasteiger partial charge in [-0.1, -0.05) is 12.1 Å². The van der Waals surface area contributed by atoms with Crippen LogP contribution in [0.4, 0.5) is 0 Å². The number of sulfonamides is 1. The molecule has 184 valence electrons. The van der Waals surface area contributed by atoms with Crippen LogP contribution in [-0.2, 0) is 21.4 Å². The van der Waals surface area contributed by atoms with Crippen molar-refractivity contribution in [2.75, 3.05) is 20.7 Å². The van der Waals surface area contributed by atoms with Crippen LogP contribution in [-0.4, -0.2) is 44.5 Å². The van der Waals surface area contributed by atoms with Gasteiger partial charge in [-0.2, -0.15) is 0 Å². The standard InChI is InChI=1S/C25H19NO9S/c1-31-16-4-7-22-17(10-16)23(15-3-6-19-21(9-15)35-13-33-19)24(25(27)28)26(36(22,29)30)11-14-2-5-18-20(8-14)34-12-32-18/h2-10H,11-13H2,1H3,(H,27,28). The van der Waals surface area contributed by atoms with Gasteiger partial charge in [0.2, 0.25) is 13.6 Å². The minimum Gasteiger partial charge on any atom is -0.497 e.